The van der Waals surface area contributed by atoms with E-state index in [2.05, 4.69) is 15.9 Å². The van der Waals surface area contributed by atoms with Crippen molar-refractivity contribution < 1.29 is 24.9 Å². The maximum atomic E-state index is 10.6. The van der Waals surface area contributed by atoms with Crippen LogP contribution in [0.25, 0.3) is 0 Å². The minimum absolute atomic E-state index is 0.0928. The third-order valence-corrected chi connectivity index (χ3v) is 2.39. The SMILES string of the molecule is COc1cc(O)c(C(=O)O)c(O)c1Br. The molecule has 1 aromatic rings. The van der Waals surface area contributed by atoms with Crippen LogP contribution in [0.2, 0.25) is 0 Å². The minimum atomic E-state index is -1.41. The first-order valence-electron chi connectivity index (χ1n) is 3.50. The molecule has 0 atom stereocenters. The number of halogens is 1. The van der Waals surface area contributed by atoms with Gasteiger partial charge in [0, 0.05) is 6.07 Å². The number of methoxy groups -OCH3 is 1. The maximum Gasteiger partial charge on any atom is 0.343 e. The van der Waals surface area contributed by atoms with Gasteiger partial charge in [-0.25, -0.2) is 4.79 Å². The number of aromatic hydroxyl groups is 2. The highest BCUT2D eigenvalue weighted by Crippen LogP contribution is 2.41. The fourth-order valence-corrected chi connectivity index (χ4v) is 1.44. The Hall–Kier alpha value is -1.43. The van der Waals surface area contributed by atoms with Crippen LogP contribution >= 0.6 is 15.9 Å². The van der Waals surface area contributed by atoms with Gasteiger partial charge >= 0.3 is 5.97 Å². The van der Waals surface area contributed by atoms with Gasteiger partial charge < -0.3 is 20.1 Å². The number of rotatable bonds is 2. The van der Waals surface area contributed by atoms with Crippen LogP contribution in [0.15, 0.2) is 10.5 Å². The Kier molecular flexibility index (Phi) is 2.85. The third-order valence-electron chi connectivity index (χ3n) is 1.62. The van der Waals surface area contributed by atoms with E-state index in [1.807, 2.05) is 0 Å². The van der Waals surface area contributed by atoms with Crippen LogP contribution in [0.3, 0.4) is 0 Å². The zero-order valence-electron chi connectivity index (χ0n) is 7.11. The van der Waals surface area contributed by atoms with Gasteiger partial charge in [-0.1, -0.05) is 0 Å². The van der Waals surface area contributed by atoms with Crippen molar-refractivity contribution in [3.8, 4) is 17.2 Å². The molecule has 3 N–H and O–H groups in total. The Labute approximate surface area is 87.7 Å². The van der Waals surface area contributed by atoms with Crippen molar-refractivity contribution in [3.05, 3.63) is 16.1 Å². The molecule has 0 fully saturated rings. The molecule has 0 aliphatic carbocycles. The van der Waals surface area contributed by atoms with Crippen molar-refractivity contribution in [2.75, 3.05) is 7.11 Å². The van der Waals surface area contributed by atoms with Gasteiger partial charge in [-0.15, -0.1) is 0 Å². The van der Waals surface area contributed by atoms with Crippen LogP contribution < -0.4 is 4.74 Å². The second kappa shape index (κ2) is 3.75. The molecule has 0 aliphatic heterocycles. The van der Waals surface area contributed by atoms with Crippen LogP contribution in [-0.4, -0.2) is 28.4 Å². The van der Waals surface area contributed by atoms with E-state index in [9.17, 15) is 15.0 Å². The molecular formula is C8H7BrO5. The molecule has 0 bridgehead atoms. The van der Waals surface area contributed by atoms with Gasteiger partial charge in [-0.05, 0) is 15.9 Å². The predicted molar refractivity (Wildman–Crippen MR) is 51.0 cm³/mol. The van der Waals surface area contributed by atoms with Gasteiger partial charge in [0.2, 0.25) is 0 Å². The van der Waals surface area contributed by atoms with E-state index < -0.39 is 23.0 Å². The molecule has 0 saturated heterocycles. The van der Waals surface area contributed by atoms with Gasteiger partial charge in [-0.2, -0.15) is 0 Å². The molecule has 0 spiro atoms. The quantitative estimate of drug-likeness (QED) is 0.753. The highest BCUT2D eigenvalue weighted by Gasteiger charge is 2.21. The number of benzene rings is 1. The van der Waals surface area contributed by atoms with Crippen LogP contribution in [0.5, 0.6) is 17.2 Å². The first-order valence-corrected chi connectivity index (χ1v) is 4.30. The summed E-state index contributed by atoms with van der Waals surface area (Å²) in [5.41, 5.74) is -0.558. The molecule has 0 amide bonds. The van der Waals surface area contributed by atoms with Crippen molar-refractivity contribution in [1.82, 2.24) is 0 Å². The van der Waals surface area contributed by atoms with Gasteiger partial charge in [0.05, 0.1) is 7.11 Å². The highest BCUT2D eigenvalue weighted by atomic mass is 79.9. The Bertz CT molecular complexity index is 388. The smallest absolute Gasteiger partial charge is 0.343 e. The molecule has 0 unspecified atom stereocenters. The van der Waals surface area contributed by atoms with Crippen LogP contribution in [0, 0.1) is 0 Å². The molecule has 0 heterocycles. The summed E-state index contributed by atoms with van der Waals surface area (Å²) in [6, 6.07) is 1.10. The van der Waals surface area contributed by atoms with Crippen LogP contribution in [0.4, 0.5) is 0 Å². The Morgan fingerprint density at radius 3 is 2.50 bits per heavy atom. The number of ether oxygens (including phenoxy) is 1. The van der Waals surface area contributed by atoms with E-state index in [-0.39, 0.29) is 10.2 Å². The molecule has 76 valence electrons. The van der Waals surface area contributed by atoms with E-state index in [0.717, 1.165) is 6.07 Å². The molecule has 0 saturated carbocycles. The summed E-state index contributed by atoms with van der Waals surface area (Å²) in [4.78, 5) is 10.6. The largest absolute Gasteiger partial charge is 0.507 e. The molecule has 14 heavy (non-hydrogen) atoms. The normalized spacial score (nSPS) is 9.86. The first kappa shape index (κ1) is 10.6. The molecule has 1 rings (SSSR count). The van der Waals surface area contributed by atoms with E-state index in [0.29, 0.717) is 0 Å². The number of phenols is 2. The average Bonchev–Trinajstić information content (AvgIpc) is 2.10. The van der Waals surface area contributed by atoms with Crippen molar-refractivity contribution >= 4 is 21.9 Å². The Balaban J connectivity index is 3.49. The number of carboxylic acid groups (broad SMARTS) is 1. The first-order chi connectivity index (χ1) is 6.49. The molecular weight excluding hydrogens is 256 g/mol. The van der Waals surface area contributed by atoms with Gasteiger partial charge in [-0.3, -0.25) is 0 Å². The third kappa shape index (κ3) is 1.60. The predicted octanol–water partition coefficient (Wildman–Crippen LogP) is 1.57. The number of carboxylic acids is 1. The van der Waals surface area contributed by atoms with E-state index in [4.69, 9.17) is 9.84 Å². The number of aromatic carboxylic acids is 1. The van der Waals surface area contributed by atoms with Gasteiger partial charge in [0.25, 0.3) is 0 Å². The summed E-state index contributed by atoms with van der Waals surface area (Å²) >= 11 is 2.94. The Morgan fingerprint density at radius 2 is 2.07 bits per heavy atom. The lowest BCUT2D eigenvalue weighted by atomic mass is 10.1. The number of hydrogen-bond donors (Lipinski definition) is 3. The van der Waals surface area contributed by atoms with E-state index in [1.54, 1.807) is 0 Å². The molecule has 0 aliphatic rings. The molecule has 6 heteroatoms. The molecule has 5 nitrogen and oxygen atoms in total. The zero-order valence-corrected chi connectivity index (χ0v) is 8.70. The highest BCUT2D eigenvalue weighted by molar-refractivity contribution is 9.10. The second-order valence-corrected chi connectivity index (χ2v) is 3.23. The lowest BCUT2D eigenvalue weighted by molar-refractivity contribution is 0.0690. The van der Waals surface area contributed by atoms with Crippen LogP contribution in [0.1, 0.15) is 10.4 Å². The number of carbonyl (C=O) groups is 1. The summed E-state index contributed by atoms with van der Waals surface area (Å²) in [6.07, 6.45) is 0. The monoisotopic (exact) mass is 262 g/mol. The standard InChI is InChI=1S/C8H7BrO5/c1-14-4-2-3(10)5(8(12)13)7(11)6(4)9/h2,10-11H,1H3,(H,12,13). The summed E-state index contributed by atoms with van der Waals surface area (Å²) < 4.78 is 4.87. The van der Waals surface area contributed by atoms with Gasteiger partial charge in [0.1, 0.15) is 21.5 Å². The topological polar surface area (TPSA) is 87.0 Å². The Morgan fingerprint density at radius 1 is 1.50 bits per heavy atom. The van der Waals surface area contributed by atoms with Crippen molar-refractivity contribution in [2.45, 2.75) is 0 Å². The molecule has 0 aromatic heterocycles. The summed E-state index contributed by atoms with van der Waals surface area (Å²) in [7, 11) is 1.33. The minimum Gasteiger partial charge on any atom is -0.507 e. The fourth-order valence-electron chi connectivity index (χ4n) is 0.967. The van der Waals surface area contributed by atoms with Crippen LogP contribution in [-0.2, 0) is 0 Å². The maximum absolute atomic E-state index is 10.6. The van der Waals surface area contributed by atoms with E-state index >= 15 is 0 Å². The lowest BCUT2D eigenvalue weighted by Crippen LogP contribution is -1.99. The van der Waals surface area contributed by atoms with Crippen molar-refractivity contribution in [3.63, 3.8) is 0 Å². The summed E-state index contributed by atoms with van der Waals surface area (Å²) in [6.45, 7) is 0. The van der Waals surface area contributed by atoms with E-state index in [1.165, 1.54) is 7.11 Å². The molecule has 0 radical (unpaired) electrons. The second-order valence-electron chi connectivity index (χ2n) is 2.44. The van der Waals surface area contributed by atoms with Crippen molar-refractivity contribution in [1.29, 1.82) is 0 Å². The van der Waals surface area contributed by atoms with Crippen molar-refractivity contribution in [2.24, 2.45) is 0 Å². The summed E-state index contributed by atoms with van der Waals surface area (Å²) in [5, 5.41) is 27.3. The average molecular weight is 263 g/mol. The number of hydrogen-bond acceptors (Lipinski definition) is 4. The zero-order chi connectivity index (χ0) is 10.9. The van der Waals surface area contributed by atoms with Gasteiger partial charge in [0.15, 0.2) is 5.75 Å². The summed E-state index contributed by atoms with van der Waals surface area (Å²) in [5.74, 6) is -2.36. The lowest BCUT2D eigenvalue weighted by Gasteiger charge is -2.09. The molecule has 1 aromatic carbocycles. The fraction of sp³-hybridized carbons (Fsp3) is 0.125.